The maximum absolute atomic E-state index is 12.9. The number of likely N-dealkylation sites (tertiary alicyclic amines) is 1. The van der Waals surface area contributed by atoms with Crippen molar-refractivity contribution >= 4 is 30.7 Å². The topological polar surface area (TPSA) is 69.8 Å². The second-order valence-electron chi connectivity index (χ2n) is 8.07. The van der Waals surface area contributed by atoms with Gasteiger partial charge >= 0.3 is 0 Å². The molecule has 0 aromatic rings. The molecule has 0 spiro atoms. The van der Waals surface area contributed by atoms with Gasteiger partial charge in [0.15, 0.2) is 0 Å². The van der Waals surface area contributed by atoms with Crippen LogP contribution in [-0.2, 0) is 4.79 Å². The van der Waals surface area contributed by atoms with Gasteiger partial charge in [0.25, 0.3) is 0 Å². The number of nitrogens with zero attached hydrogens (tertiary/aromatic N) is 2. The Morgan fingerprint density at radius 3 is 2.27 bits per heavy atom. The molecule has 3 N–H and O–H groups in total. The van der Waals surface area contributed by atoms with E-state index in [0.717, 1.165) is 64.7 Å². The van der Waals surface area contributed by atoms with Gasteiger partial charge in [-0.2, -0.15) is 0 Å². The summed E-state index contributed by atoms with van der Waals surface area (Å²) in [6.45, 7) is 5.51. The summed E-state index contributed by atoms with van der Waals surface area (Å²) in [7, 11) is 1.95. The minimum atomic E-state index is -0.258. The zero-order valence-corrected chi connectivity index (χ0v) is 18.1. The zero-order valence-electron chi connectivity index (χ0n) is 16.4. The molecule has 7 heteroatoms. The first-order chi connectivity index (χ1) is 11.5. The number of halogens is 2. The highest BCUT2D eigenvalue weighted by atomic mass is 35.5. The van der Waals surface area contributed by atoms with Crippen molar-refractivity contribution in [3.8, 4) is 0 Å². The molecular weight excluding hydrogens is 373 g/mol. The van der Waals surface area contributed by atoms with Crippen LogP contribution in [0, 0.1) is 11.8 Å². The first-order valence-electron chi connectivity index (χ1n) is 9.88. The summed E-state index contributed by atoms with van der Waals surface area (Å²) < 4.78 is 0. The molecule has 0 aromatic carbocycles. The van der Waals surface area contributed by atoms with Gasteiger partial charge in [-0.25, -0.2) is 0 Å². The van der Waals surface area contributed by atoms with E-state index in [4.69, 9.17) is 5.73 Å². The van der Waals surface area contributed by atoms with Gasteiger partial charge in [0, 0.05) is 26.2 Å². The van der Waals surface area contributed by atoms with Crippen LogP contribution in [0.3, 0.4) is 0 Å². The highest BCUT2D eigenvalue weighted by Gasteiger charge is 2.30. The van der Waals surface area contributed by atoms with Crippen molar-refractivity contribution in [3.05, 3.63) is 0 Å². The minimum absolute atomic E-state index is 0. The summed E-state index contributed by atoms with van der Waals surface area (Å²) >= 11 is 0. The van der Waals surface area contributed by atoms with Crippen LogP contribution in [0.2, 0.25) is 0 Å². The van der Waals surface area contributed by atoms with Crippen LogP contribution in [0.15, 0.2) is 0 Å². The fraction of sp³-hybridized carbons (Fsp3) is 0.947. The average Bonchev–Trinajstić information content (AvgIpc) is 2.52. The molecule has 156 valence electrons. The van der Waals surface area contributed by atoms with E-state index in [1.807, 2.05) is 18.9 Å². The number of nitrogens with two attached hydrogens (primary N) is 1. The Balaban J connectivity index is 0.00000312. The summed E-state index contributed by atoms with van der Waals surface area (Å²) in [6, 6.07) is 0.0353. The molecule has 1 aliphatic heterocycles. The number of hydrogen-bond donors (Lipinski definition) is 2. The normalized spacial score (nSPS) is 26.6. The molecule has 1 saturated carbocycles. The molecule has 3 unspecified atom stereocenters. The van der Waals surface area contributed by atoms with E-state index in [9.17, 15) is 9.90 Å². The van der Waals surface area contributed by atoms with E-state index in [1.54, 1.807) is 0 Å². The van der Waals surface area contributed by atoms with E-state index in [0.29, 0.717) is 5.92 Å². The first kappa shape index (κ1) is 25.9. The molecule has 1 amide bonds. The van der Waals surface area contributed by atoms with Crippen molar-refractivity contribution in [3.63, 3.8) is 0 Å². The highest BCUT2D eigenvalue weighted by molar-refractivity contribution is 5.85. The molecule has 0 bridgehead atoms. The van der Waals surface area contributed by atoms with Gasteiger partial charge < -0.3 is 20.6 Å². The minimum Gasteiger partial charge on any atom is -0.392 e. The number of hydrogen-bond acceptors (Lipinski definition) is 4. The van der Waals surface area contributed by atoms with Crippen LogP contribution in [0.4, 0.5) is 0 Å². The van der Waals surface area contributed by atoms with Crippen molar-refractivity contribution in [1.82, 2.24) is 9.80 Å². The van der Waals surface area contributed by atoms with Gasteiger partial charge in [-0.3, -0.25) is 4.79 Å². The summed E-state index contributed by atoms with van der Waals surface area (Å²) in [5, 5.41) is 9.49. The second-order valence-corrected chi connectivity index (χ2v) is 8.07. The van der Waals surface area contributed by atoms with Crippen molar-refractivity contribution in [1.29, 1.82) is 0 Å². The maximum atomic E-state index is 12.9. The summed E-state index contributed by atoms with van der Waals surface area (Å²) in [4.78, 5) is 17.1. The van der Waals surface area contributed by atoms with E-state index >= 15 is 0 Å². The van der Waals surface area contributed by atoms with Gasteiger partial charge in [-0.1, -0.05) is 25.7 Å². The van der Waals surface area contributed by atoms with Crippen LogP contribution < -0.4 is 5.73 Å². The van der Waals surface area contributed by atoms with Crippen LogP contribution in [0.25, 0.3) is 0 Å². The Morgan fingerprint density at radius 2 is 1.69 bits per heavy atom. The third-order valence-corrected chi connectivity index (χ3v) is 5.77. The number of β-amino-alcohol motifs (C(OH)–C–C–N with tert-alkyl or cyclic N) is 1. The molecule has 1 heterocycles. The molecule has 3 atom stereocenters. The molecule has 1 aliphatic carbocycles. The van der Waals surface area contributed by atoms with Crippen molar-refractivity contribution < 1.29 is 9.90 Å². The fourth-order valence-electron chi connectivity index (χ4n) is 4.31. The van der Waals surface area contributed by atoms with Gasteiger partial charge in [0.05, 0.1) is 12.0 Å². The van der Waals surface area contributed by atoms with Crippen LogP contribution in [0.5, 0.6) is 0 Å². The SMILES string of the molecule is CC(O)CN1CCC(CN(C)C(=O)C2CCCCCCC2N)CC1.Cl.Cl. The van der Waals surface area contributed by atoms with Gasteiger partial charge in [-0.15, -0.1) is 24.8 Å². The summed E-state index contributed by atoms with van der Waals surface area (Å²) in [5.41, 5.74) is 6.31. The third kappa shape index (κ3) is 8.30. The number of carbonyl (C=O) groups excluding carboxylic acids is 1. The van der Waals surface area contributed by atoms with Gasteiger partial charge in [0.1, 0.15) is 0 Å². The van der Waals surface area contributed by atoms with Gasteiger partial charge in [-0.05, 0) is 51.6 Å². The largest absolute Gasteiger partial charge is 0.392 e. The summed E-state index contributed by atoms with van der Waals surface area (Å²) in [6.07, 6.45) is 8.71. The Labute approximate surface area is 171 Å². The zero-order chi connectivity index (χ0) is 17.5. The molecule has 5 nitrogen and oxygen atoms in total. The predicted octanol–water partition coefficient (Wildman–Crippen LogP) is 2.68. The molecule has 0 aromatic heterocycles. The summed E-state index contributed by atoms with van der Waals surface area (Å²) in [5.74, 6) is 0.857. The Hall–Kier alpha value is -0.0700. The number of piperidine rings is 1. The molecule has 26 heavy (non-hydrogen) atoms. The van der Waals surface area contributed by atoms with E-state index < -0.39 is 0 Å². The standard InChI is InChI=1S/C19H37N3O2.2ClH/c1-15(23)13-22-11-9-16(10-12-22)14-21(2)19(24)17-7-5-3-4-6-8-18(17)20;;/h15-18,23H,3-14,20H2,1-2H3;2*1H. The van der Waals surface area contributed by atoms with Crippen LogP contribution in [-0.4, -0.2) is 66.2 Å². The molecule has 2 aliphatic rings. The highest BCUT2D eigenvalue weighted by Crippen LogP contribution is 2.25. The quantitative estimate of drug-likeness (QED) is 0.729. The van der Waals surface area contributed by atoms with Crippen LogP contribution in [0.1, 0.15) is 58.3 Å². The first-order valence-corrected chi connectivity index (χ1v) is 9.88. The molecule has 2 fully saturated rings. The third-order valence-electron chi connectivity index (χ3n) is 5.77. The van der Waals surface area contributed by atoms with Gasteiger partial charge in [0.2, 0.25) is 5.91 Å². The Bertz CT molecular complexity index is 391. The lowest BCUT2D eigenvalue weighted by molar-refractivity contribution is -0.136. The lowest BCUT2D eigenvalue weighted by Gasteiger charge is -2.36. The smallest absolute Gasteiger partial charge is 0.226 e. The van der Waals surface area contributed by atoms with Crippen molar-refractivity contribution in [2.45, 2.75) is 70.4 Å². The molecule has 2 rings (SSSR count). The number of aliphatic hydroxyl groups is 1. The number of aliphatic hydroxyl groups excluding tert-OH is 1. The fourth-order valence-corrected chi connectivity index (χ4v) is 4.31. The van der Waals surface area contributed by atoms with Crippen LogP contribution >= 0.6 is 24.8 Å². The Kier molecular flexibility index (Phi) is 13.1. The molecule has 0 radical (unpaired) electrons. The Morgan fingerprint density at radius 1 is 1.12 bits per heavy atom. The number of carbonyl (C=O) groups is 1. The predicted molar refractivity (Wildman–Crippen MR) is 112 cm³/mol. The molecular formula is C19H39Cl2N3O2. The van der Waals surface area contributed by atoms with Crippen molar-refractivity contribution in [2.75, 3.05) is 33.2 Å². The van der Waals surface area contributed by atoms with E-state index in [-0.39, 0.29) is 48.8 Å². The number of amides is 1. The molecule has 1 saturated heterocycles. The average molecular weight is 412 g/mol. The van der Waals surface area contributed by atoms with Crippen molar-refractivity contribution in [2.24, 2.45) is 17.6 Å². The van der Waals surface area contributed by atoms with E-state index in [1.165, 1.54) is 12.8 Å². The lowest BCUT2D eigenvalue weighted by atomic mass is 9.86. The van der Waals surface area contributed by atoms with E-state index in [2.05, 4.69) is 4.90 Å². The monoisotopic (exact) mass is 411 g/mol. The maximum Gasteiger partial charge on any atom is 0.226 e. The number of rotatable bonds is 5. The lowest BCUT2D eigenvalue weighted by Crippen LogP contribution is -2.46. The second kappa shape index (κ2) is 13.2.